The van der Waals surface area contributed by atoms with Gasteiger partial charge in [-0.15, -0.1) is 0 Å². The van der Waals surface area contributed by atoms with Crippen LogP contribution in [0.15, 0.2) is 66.7 Å². The first kappa shape index (κ1) is 15.5. The summed E-state index contributed by atoms with van der Waals surface area (Å²) in [4.78, 5) is 11.3. The van der Waals surface area contributed by atoms with Gasteiger partial charge in [0.25, 0.3) is 0 Å². The number of nitrogens with zero attached hydrogens (tertiary/aromatic N) is 1. The minimum atomic E-state index is -1.15. The quantitative estimate of drug-likeness (QED) is 0.830. The molecule has 2 aromatic carbocycles. The lowest BCUT2D eigenvalue weighted by atomic mass is 9.84. The number of aliphatic hydroxyl groups is 1. The van der Waals surface area contributed by atoms with Crippen LogP contribution in [0.2, 0.25) is 0 Å². The SMILES string of the molecule is C=C(C(=O)O)C(c1ccccc1)C(O)c1ccc(C#N)cc1. The molecule has 0 saturated heterocycles. The van der Waals surface area contributed by atoms with Gasteiger partial charge in [0.05, 0.1) is 17.7 Å². The summed E-state index contributed by atoms with van der Waals surface area (Å²) in [6.45, 7) is 3.60. The zero-order valence-corrected chi connectivity index (χ0v) is 11.8. The first-order valence-electron chi connectivity index (χ1n) is 6.69. The molecular formula is C18H15NO3. The van der Waals surface area contributed by atoms with E-state index in [2.05, 4.69) is 6.58 Å². The van der Waals surface area contributed by atoms with Crippen molar-refractivity contribution >= 4 is 5.97 Å². The summed E-state index contributed by atoms with van der Waals surface area (Å²) in [7, 11) is 0. The predicted octanol–water partition coefficient (Wildman–Crippen LogP) is 3.02. The highest BCUT2D eigenvalue weighted by Crippen LogP contribution is 2.36. The lowest BCUT2D eigenvalue weighted by Gasteiger charge is -2.24. The molecule has 0 aliphatic rings. The average molecular weight is 293 g/mol. The Kier molecular flexibility index (Phi) is 4.72. The average Bonchev–Trinajstić information content (AvgIpc) is 2.56. The fraction of sp³-hybridized carbons (Fsp3) is 0.111. The number of hydrogen-bond donors (Lipinski definition) is 2. The maximum atomic E-state index is 11.3. The Bertz CT molecular complexity index is 714. The van der Waals surface area contributed by atoms with Crippen LogP contribution in [0.3, 0.4) is 0 Å². The fourth-order valence-corrected chi connectivity index (χ4v) is 2.31. The van der Waals surface area contributed by atoms with Gasteiger partial charge in [-0.3, -0.25) is 0 Å². The third kappa shape index (κ3) is 3.22. The smallest absolute Gasteiger partial charge is 0.331 e. The molecule has 0 saturated carbocycles. The molecule has 0 spiro atoms. The molecule has 110 valence electrons. The van der Waals surface area contributed by atoms with Gasteiger partial charge in [0.2, 0.25) is 0 Å². The van der Waals surface area contributed by atoms with E-state index in [-0.39, 0.29) is 5.57 Å². The van der Waals surface area contributed by atoms with Crippen LogP contribution in [-0.4, -0.2) is 16.2 Å². The molecule has 0 amide bonds. The number of hydrogen-bond acceptors (Lipinski definition) is 3. The van der Waals surface area contributed by atoms with Crippen LogP contribution >= 0.6 is 0 Å². The number of aliphatic carboxylic acids is 1. The molecule has 4 heteroatoms. The van der Waals surface area contributed by atoms with E-state index >= 15 is 0 Å². The Hall–Kier alpha value is -2.90. The van der Waals surface area contributed by atoms with Crippen molar-refractivity contribution in [2.45, 2.75) is 12.0 Å². The highest BCUT2D eigenvalue weighted by Gasteiger charge is 2.28. The second kappa shape index (κ2) is 6.70. The largest absolute Gasteiger partial charge is 0.478 e. The van der Waals surface area contributed by atoms with Crippen LogP contribution in [0.25, 0.3) is 0 Å². The van der Waals surface area contributed by atoms with Crippen molar-refractivity contribution in [3.63, 3.8) is 0 Å². The fourth-order valence-electron chi connectivity index (χ4n) is 2.31. The normalized spacial score (nSPS) is 12.9. The van der Waals surface area contributed by atoms with Gasteiger partial charge in [-0.05, 0) is 23.3 Å². The Morgan fingerprint density at radius 1 is 1.05 bits per heavy atom. The van der Waals surface area contributed by atoms with Gasteiger partial charge in [0.15, 0.2) is 0 Å². The number of carbonyl (C=O) groups is 1. The zero-order chi connectivity index (χ0) is 16.1. The van der Waals surface area contributed by atoms with Crippen molar-refractivity contribution in [2.24, 2.45) is 0 Å². The summed E-state index contributed by atoms with van der Waals surface area (Å²) in [5, 5.41) is 28.7. The minimum Gasteiger partial charge on any atom is -0.478 e. The molecule has 2 unspecified atom stereocenters. The second-order valence-corrected chi connectivity index (χ2v) is 4.90. The van der Waals surface area contributed by atoms with Crippen molar-refractivity contribution in [3.8, 4) is 6.07 Å². The van der Waals surface area contributed by atoms with E-state index in [1.807, 2.05) is 12.1 Å². The number of aliphatic hydroxyl groups excluding tert-OH is 1. The summed E-state index contributed by atoms with van der Waals surface area (Å²) in [6, 6.07) is 17.3. The summed E-state index contributed by atoms with van der Waals surface area (Å²) in [5.41, 5.74) is 1.61. The van der Waals surface area contributed by atoms with Gasteiger partial charge in [-0.1, -0.05) is 49.0 Å². The van der Waals surface area contributed by atoms with Crippen molar-refractivity contribution in [1.82, 2.24) is 0 Å². The van der Waals surface area contributed by atoms with E-state index in [4.69, 9.17) is 5.26 Å². The molecule has 2 aromatic rings. The van der Waals surface area contributed by atoms with Gasteiger partial charge < -0.3 is 10.2 Å². The monoisotopic (exact) mass is 293 g/mol. The Morgan fingerprint density at radius 2 is 1.64 bits per heavy atom. The summed E-state index contributed by atoms with van der Waals surface area (Å²) in [5.74, 6) is -1.91. The van der Waals surface area contributed by atoms with Crippen molar-refractivity contribution in [1.29, 1.82) is 5.26 Å². The van der Waals surface area contributed by atoms with E-state index in [0.717, 1.165) is 0 Å². The first-order chi connectivity index (χ1) is 10.5. The standard InChI is InChI=1S/C18H15NO3/c1-12(18(21)22)16(14-5-3-2-4-6-14)17(20)15-9-7-13(11-19)8-10-15/h2-10,16-17,20H,1H2,(H,21,22). The van der Waals surface area contributed by atoms with E-state index in [0.29, 0.717) is 16.7 Å². The van der Waals surface area contributed by atoms with Gasteiger partial charge in [0, 0.05) is 11.5 Å². The number of carboxylic acid groups (broad SMARTS) is 1. The third-order valence-electron chi connectivity index (χ3n) is 3.51. The van der Waals surface area contributed by atoms with E-state index in [9.17, 15) is 15.0 Å². The lowest BCUT2D eigenvalue weighted by Crippen LogP contribution is -2.18. The van der Waals surface area contributed by atoms with Crippen LogP contribution in [-0.2, 0) is 4.79 Å². The van der Waals surface area contributed by atoms with E-state index in [1.165, 1.54) is 0 Å². The topological polar surface area (TPSA) is 81.3 Å². The molecule has 0 aliphatic carbocycles. The van der Waals surface area contributed by atoms with Crippen LogP contribution in [0.1, 0.15) is 28.7 Å². The second-order valence-electron chi connectivity index (χ2n) is 4.90. The lowest BCUT2D eigenvalue weighted by molar-refractivity contribution is -0.133. The number of benzene rings is 2. The maximum absolute atomic E-state index is 11.3. The predicted molar refractivity (Wildman–Crippen MR) is 82.1 cm³/mol. The molecule has 0 aliphatic heterocycles. The van der Waals surface area contributed by atoms with Gasteiger partial charge in [-0.25, -0.2) is 4.79 Å². The third-order valence-corrected chi connectivity index (χ3v) is 3.51. The summed E-state index contributed by atoms with van der Waals surface area (Å²) < 4.78 is 0. The molecule has 4 nitrogen and oxygen atoms in total. The van der Waals surface area contributed by atoms with Gasteiger partial charge in [0.1, 0.15) is 0 Å². The van der Waals surface area contributed by atoms with E-state index in [1.54, 1.807) is 48.5 Å². The summed E-state index contributed by atoms with van der Waals surface area (Å²) >= 11 is 0. The maximum Gasteiger partial charge on any atom is 0.331 e. The molecule has 0 heterocycles. The van der Waals surface area contributed by atoms with Gasteiger partial charge >= 0.3 is 5.97 Å². The van der Waals surface area contributed by atoms with Crippen molar-refractivity contribution < 1.29 is 15.0 Å². The molecule has 0 fully saturated rings. The highest BCUT2D eigenvalue weighted by molar-refractivity contribution is 5.88. The molecule has 22 heavy (non-hydrogen) atoms. The van der Waals surface area contributed by atoms with Crippen LogP contribution < -0.4 is 0 Å². The first-order valence-corrected chi connectivity index (χ1v) is 6.69. The summed E-state index contributed by atoms with van der Waals surface area (Å²) in [6.07, 6.45) is -1.06. The Morgan fingerprint density at radius 3 is 2.14 bits per heavy atom. The van der Waals surface area contributed by atoms with Crippen LogP contribution in [0, 0.1) is 11.3 Å². The molecule has 0 bridgehead atoms. The molecular weight excluding hydrogens is 278 g/mol. The molecule has 2 rings (SSSR count). The highest BCUT2D eigenvalue weighted by atomic mass is 16.4. The molecule has 2 atom stereocenters. The van der Waals surface area contributed by atoms with Crippen LogP contribution in [0.5, 0.6) is 0 Å². The Balaban J connectivity index is 2.42. The zero-order valence-electron chi connectivity index (χ0n) is 11.8. The van der Waals surface area contributed by atoms with Crippen molar-refractivity contribution in [3.05, 3.63) is 83.4 Å². The number of nitriles is 1. The molecule has 0 aromatic heterocycles. The Labute approximate surface area is 128 Å². The van der Waals surface area contributed by atoms with Crippen molar-refractivity contribution in [2.75, 3.05) is 0 Å². The number of rotatable bonds is 5. The minimum absolute atomic E-state index is 0.0805. The molecule has 0 radical (unpaired) electrons. The molecule has 2 N–H and O–H groups in total. The van der Waals surface area contributed by atoms with E-state index < -0.39 is 18.0 Å². The van der Waals surface area contributed by atoms with Gasteiger partial charge in [-0.2, -0.15) is 5.26 Å². The van der Waals surface area contributed by atoms with Crippen LogP contribution in [0.4, 0.5) is 0 Å². The number of carboxylic acids is 1.